The Kier molecular flexibility index (Phi) is 5.65. The summed E-state index contributed by atoms with van der Waals surface area (Å²) in [6.07, 6.45) is 0. The molecule has 2 N–H and O–H groups in total. The minimum atomic E-state index is -4.01. The predicted octanol–water partition coefficient (Wildman–Crippen LogP) is 4.63. The minimum Gasteiger partial charge on any atom is -0.319 e. The van der Waals surface area contributed by atoms with Crippen LogP contribution in [0.2, 0.25) is 0 Å². The van der Waals surface area contributed by atoms with E-state index in [0.717, 1.165) is 35.4 Å². The SMILES string of the molecule is Cc1ccc(NS(=O)(=O)c2ccc(NC(=O)c3ccc(F)cc3)c(F)c2)cc1C. The Labute approximate surface area is 167 Å². The first kappa shape index (κ1) is 20.5. The Hall–Kier alpha value is -3.26. The Morgan fingerprint density at radius 3 is 2.17 bits per heavy atom. The molecule has 150 valence electrons. The largest absolute Gasteiger partial charge is 0.319 e. The number of aryl methyl sites for hydroxylation is 2. The van der Waals surface area contributed by atoms with Crippen molar-refractivity contribution in [2.45, 2.75) is 18.7 Å². The van der Waals surface area contributed by atoms with Gasteiger partial charge in [-0.2, -0.15) is 0 Å². The Balaban J connectivity index is 1.79. The van der Waals surface area contributed by atoms with E-state index in [-0.39, 0.29) is 16.1 Å². The summed E-state index contributed by atoms with van der Waals surface area (Å²) in [5.41, 5.74) is 2.24. The molecule has 0 bridgehead atoms. The van der Waals surface area contributed by atoms with Crippen LogP contribution in [0.3, 0.4) is 0 Å². The van der Waals surface area contributed by atoms with E-state index in [4.69, 9.17) is 0 Å². The molecule has 0 aliphatic carbocycles. The first-order chi connectivity index (χ1) is 13.7. The maximum atomic E-state index is 14.4. The lowest BCUT2D eigenvalue weighted by atomic mass is 10.1. The summed E-state index contributed by atoms with van der Waals surface area (Å²) in [5, 5.41) is 2.34. The molecule has 29 heavy (non-hydrogen) atoms. The van der Waals surface area contributed by atoms with Crippen molar-refractivity contribution in [2.75, 3.05) is 10.0 Å². The van der Waals surface area contributed by atoms with Gasteiger partial charge in [-0.05, 0) is 79.6 Å². The summed E-state index contributed by atoms with van der Waals surface area (Å²) in [4.78, 5) is 11.8. The molecule has 0 radical (unpaired) electrons. The van der Waals surface area contributed by atoms with E-state index in [2.05, 4.69) is 10.0 Å². The van der Waals surface area contributed by atoms with Gasteiger partial charge < -0.3 is 5.32 Å². The normalized spacial score (nSPS) is 11.2. The van der Waals surface area contributed by atoms with Crippen LogP contribution in [0.5, 0.6) is 0 Å². The third kappa shape index (κ3) is 4.78. The van der Waals surface area contributed by atoms with Gasteiger partial charge in [0.2, 0.25) is 0 Å². The summed E-state index contributed by atoms with van der Waals surface area (Å²) in [6, 6.07) is 13.0. The molecule has 0 aromatic heterocycles. The number of amides is 1. The van der Waals surface area contributed by atoms with Crippen molar-refractivity contribution >= 4 is 27.3 Å². The van der Waals surface area contributed by atoms with Crippen LogP contribution in [0.15, 0.2) is 65.6 Å². The van der Waals surface area contributed by atoms with Crippen molar-refractivity contribution < 1.29 is 22.0 Å². The molecule has 3 rings (SSSR count). The highest BCUT2D eigenvalue weighted by atomic mass is 32.2. The molecule has 0 aliphatic rings. The van der Waals surface area contributed by atoms with Crippen molar-refractivity contribution in [1.82, 2.24) is 0 Å². The summed E-state index contributed by atoms with van der Waals surface area (Å²) in [5.74, 6) is -2.06. The number of halogens is 2. The number of hydrogen-bond acceptors (Lipinski definition) is 3. The molecular weight excluding hydrogens is 398 g/mol. The van der Waals surface area contributed by atoms with Crippen molar-refractivity contribution in [1.29, 1.82) is 0 Å². The predicted molar refractivity (Wildman–Crippen MR) is 107 cm³/mol. The minimum absolute atomic E-state index is 0.138. The topological polar surface area (TPSA) is 75.3 Å². The highest BCUT2D eigenvalue weighted by Crippen LogP contribution is 2.23. The van der Waals surface area contributed by atoms with Crippen LogP contribution < -0.4 is 10.0 Å². The van der Waals surface area contributed by atoms with Crippen molar-refractivity contribution in [3.05, 3.63) is 89.0 Å². The van der Waals surface area contributed by atoms with E-state index in [1.807, 2.05) is 13.8 Å². The highest BCUT2D eigenvalue weighted by molar-refractivity contribution is 7.92. The molecule has 0 unspecified atom stereocenters. The fourth-order valence-corrected chi connectivity index (χ4v) is 3.64. The fraction of sp³-hybridized carbons (Fsp3) is 0.0952. The van der Waals surface area contributed by atoms with Gasteiger partial charge in [-0.3, -0.25) is 9.52 Å². The van der Waals surface area contributed by atoms with Crippen LogP contribution in [-0.2, 0) is 10.0 Å². The molecule has 0 aliphatic heterocycles. The van der Waals surface area contributed by atoms with Gasteiger partial charge in [-0.1, -0.05) is 6.07 Å². The molecule has 0 saturated heterocycles. The molecule has 8 heteroatoms. The van der Waals surface area contributed by atoms with E-state index in [1.54, 1.807) is 18.2 Å². The maximum absolute atomic E-state index is 14.4. The van der Waals surface area contributed by atoms with Crippen molar-refractivity contribution in [2.24, 2.45) is 0 Å². The lowest BCUT2D eigenvalue weighted by Gasteiger charge is -2.12. The fourth-order valence-electron chi connectivity index (χ4n) is 2.58. The molecule has 5 nitrogen and oxygen atoms in total. The second-order valence-corrected chi connectivity index (χ2v) is 8.19. The number of benzene rings is 3. The molecule has 0 saturated carbocycles. The summed E-state index contributed by atoms with van der Waals surface area (Å²) < 4.78 is 54.8. The molecule has 0 atom stereocenters. The van der Waals surface area contributed by atoms with Gasteiger partial charge in [-0.15, -0.1) is 0 Å². The first-order valence-electron chi connectivity index (χ1n) is 8.62. The van der Waals surface area contributed by atoms with Crippen molar-refractivity contribution in [3.63, 3.8) is 0 Å². The molecule has 3 aromatic rings. The van der Waals surface area contributed by atoms with E-state index in [1.165, 1.54) is 18.2 Å². The molecule has 0 fully saturated rings. The van der Waals surface area contributed by atoms with Crippen LogP contribution in [0.1, 0.15) is 21.5 Å². The van der Waals surface area contributed by atoms with Gasteiger partial charge in [0.05, 0.1) is 10.6 Å². The lowest BCUT2D eigenvalue weighted by molar-refractivity contribution is 0.102. The van der Waals surface area contributed by atoms with Gasteiger partial charge >= 0.3 is 0 Å². The zero-order chi connectivity index (χ0) is 21.2. The average molecular weight is 416 g/mol. The first-order valence-corrected chi connectivity index (χ1v) is 10.1. The third-order valence-corrected chi connectivity index (χ3v) is 5.74. The van der Waals surface area contributed by atoms with Gasteiger partial charge in [0.15, 0.2) is 0 Å². The van der Waals surface area contributed by atoms with Gasteiger partial charge in [0.1, 0.15) is 11.6 Å². The van der Waals surface area contributed by atoms with Gasteiger partial charge in [-0.25, -0.2) is 17.2 Å². The van der Waals surface area contributed by atoms with E-state index in [9.17, 15) is 22.0 Å². The Bertz CT molecular complexity index is 1180. The Morgan fingerprint density at radius 1 is 0.862 bits per heavy atom. The summed E-state index contributed by atoms with van der Waals surface area (Å²) in [6.45, 7) is 3.76. The monoisotopic (exact) mass is 416 g/mol. The number of carbonyl (C=O) groups excluding carboxylic acids is 1. The van der Waals surface area contributed by atoms with Crippen LogP contribution in [0.25, 0.3) is 0 Å². The molecular formula is C21H18F2N2O3S. The van der Waals surface area contributed by atoms with Crippen LogP contribution in [0.4, 0.5) is 20.2 Å². The highest BCUT2D eigenvalue weighted by Gasteiger charge is 2.18. The lowest BCUT2D eigenvalue weighted by Crippen LogP contribution is -2.15. The number of sulfonamides is 1. The van der Waals surface area contributed by atoms with Crippen LogP contribution >= 0.6 is 0 Å². The van der Waals surface area contributed by atoms with Crippen LogP contribution in [-0.4, -0.2) is 14.3 Å². The smallest absolute Gasteiger partial charge is 0.261 e. The van der Waals surface area contributed by atoms with Gasteiger partial charge in [0.25, 0.3) is 15.9 Å². The quantitative estimate of drug-likeness (QED) is 0.637. The molecule has 3 aromatic carbocycles. The zero-order valence-electron chi connectivity index (χ0n) is 15.7. The summed E-state index contributed by atoms with van der Waals surface area (Å²) in [7, 11) is -4.01. The maximum Gasteiger partial charge on any atom is 0.261 e. The number of anilines is 2. The van der Waals surface area contributed by atoms with E-state index < -0.39 is 27.6 Å². The zero-order valence-corrected chi connectivity index (χ0v) is 16.5. The van der Waals surface area contributed by atoms with Crippen LogP contribution in [0, 0.1) is 25.5 Å². The molecule has 1 amide bonds. The van der Waals surface area contributed by atoms with Crippen molar-refractivity contribution in [3.8, 4) is 0 Å². The van der Waals surface area contributed by atoms with E-state index >= 15 is 0 Å². The molecule has 0 heterocycles. The molecule has 0 spiro atoms. The number of hydrogen-bond donors (Lipinski definition) is 2. The second kappa shape index (κ2) is 8.00. The average Bonchev–Trinajstić information content (AvgIpc) is 2.66. The number of nitrogens with one attached hydrogen (secondary N) is 2. The Morgan fingerprint density at radius 2 is 1.55 bits per heavy atom. The van der Waals surface area contributed by atoms with E-state index in [0.29, 0.717) is 5.69 Å². The number of rotatable bonds is 5. The second-order valence-electron chi connectivity index (χ2n) is 6.51. The number of carbonyl (C=O) groups is 1. The standard InChI is InChI=1S/C21H18F2N2O3S/c1-13-3-8-17(11-14(13)2)25-29(27,28)18-9-10-20(19(23)12-18)24-21(26)15-4-6-16(22)7-5-15/h3-12,25H,1-2H3,(H,24,26). The third-order valence-electron chi connectivity index (χ3n) is 4.36. The summed E-state index contributed by atoms with van der Waals surface area (Å²) >= 11 is 0. The van der Waals surface area contributed by atoms with Gasteiger partial charge in [0, 0.05) is 11.3 Å².